The highest BCUT2D eigenvalue weighted by atomic mass is 32.1. The van der Waals surface area contributed by atoms with E-state index in [2.05, 4.69) is 22.6 Å². The van der Waals surface area contributed by atoms with Gasteiger partial charge in [0.15, 0.2) is 0 Å². The molecular weight excluding hydrogens is 284 g/mol. The molecule has 0 unspecified atom stereocenters. The van der Waals surface area contributed by atoms with Crippen LogP contribution in [0.25, 0.3) is 0 Å². The SMILES string of the molecule is CCc1nc(CNc2ccc([C@@H]3C[C@H]3C(=O)O)cc2)cs1. The van der Waals surface area contributed by atoms with Crippen LogP contribution in [0.4, 0.5) is 5.69 Å². The zero-order chi connectivity index (χ0) is 14.8. The minimum absolute atomic E-state index is 0.189. The minimum Gasteiger partial charge on any atom is -0.481 e. The van der Waals surface area contributed by atoms with Gasteiger partial charge in [0.25, 0.3) is 0 Å². The van der Waals surface area contributed by atoms with Crippen molar-refractivity contribution in [3.05, 3.63) is 45.9 Å². The van der Waals surface area contributed by atoms with Gasteiger partial charge in [-0.15, -0.1) is 11.3 Å². The first-order valence-corrected chi connectivity index (χ1v) is 8.05. The first-order chi connectivity index (χ1) is 10.2. The molecule has 5 heteroatoms. The molecule has 1 aliphatic rings. The van der Waals surface area contributed by atoms with Crippen LogP contribution in [0, 0.1) is 5.92 Å². The summed E-state index contributed by atoms with van der Waals surface area (Å²) in [6.45, 7) is 2.83. The number of anilines is 1. The Balaban J connectivity index is 1.56. The number of rotatable bonds is 6. The Morgan fingerprint density at radius 3 is 2.76 bits per heavy atom. The molecule has 2 atom stereocenters. The van der Waals surface area contributed by atoms with Crippen LogP contribution < -0.4 is 5.32 Å². The maximum Gasteiger partial charge on any atom is 0.307 e. The van der Waals surface area contributed by atoms with Gasteiger partial charge in [-0.3, -0.25) is 4.79 Å². The van der Waals surface area contributed by atoms with Crippen molar-refractivity contribution in [3.8, 4) is 0 Å². The van der Waals surface area contributed by atoms with Gasteiger partial charge in [-0.2, -0.15) is 0 Å². The number of nitrogens with one attached hydrogen (secondary N) is 1. The van der Waals surface area contributed by atoms with Crippen molar-refractivity contribution >= 4 is 23.0 Å². The van der Waals surface area contributed by atoms with E-state index in [0.29, 0.717) is 0 Å². The van der Waals surface area contributed by atoms with E-state index in [1.165, 1.54) is 0 Å². The van der Waals surface area contributed by atoms with Crippen molar-refractivity contribution in [3.63, 3.8) is 0 Å². The second kappa shape index (κ2) is 5.85. The second-order valence-electron chi connectivity index (χ2n) is 5.35. The first kappa shape index (κ1) is 14.1. The number of hydrogen-bond acceptors (Lipinski definition) is 4. The number of carboxylic acids is 1. The van der Waals surface area contributed by atoms with Crippen molar-refractivity contribution in [2.45, 2.75) is 32.2 Å². The summed E-state index contributed by atoms with van der Waals surface area (Å²) in [6, 6.07) is 8.07. The Kier molecular flexibility index (Phi) is 3.92. The highest BCUT2D eigenvalue weighted by molar-refractivity contribution is 7.09. The van der Waals surface area contributed by atoms with Crippen LogP contribution >= 0.6 is 11.3 Å². The van der Waals surface area contributed by atoms with E-state index in [0.717, 1.165) is 41.3 Å². The normalized spacial score (nSPS) is 20.2. The van der Waals surface area contributed by atoms with E-state index < -0.39 is 5.97 Å². The lowest BCUT2D eigenvalue weighted by Gasteiger charge is -2.06. The van der Waals surface area contributed by atoms with E-state index >= 15 is 0 Å². The molecule has 2 aromatic rings. The standard InChI is InChI=1S/C16H18N2O2S/c1-2-15-18-12(9-21-15)8-17-11-5-3-10(4-6-11)13-7-14(13)16(19)20/h3-6,9,13-14,17H,2,7-8H2,1H3,(H,19,20)/t13-,14+/m0/s1. The summed E-state index contributed by atoms with van der Waals surface area (Å²) in [5.74, 6) is -0.675. The number of carbonyl (C=O) groups is 1. The molecule has 4 nitrogen and oxygen atoms in total. The van der Waals surface area contributed by atoms with Crippen molar-refractivity contribution in [1.82, 2.24) is 4.98 Å². The third-order valence-corrected chi connectivity index (χ3v) is 4.86. The third kappa shape index (κ3) is 3.24. The molecule has 3 rings (SSSR count). The lowest BCUT2D eigenvalue weighted by Crippen LogP contribution is -2.01. The Bertz CT molecular complexity index is 636. The van der Waals surface area contributed by atoms with E-state index in [4.69, 9.17) is 5.11 Å². The molecule has 1 saturated carbocycles. The third-order valence-electron chi connectivity index (χ3n) is 3.82. The van der Waals surface area contributed by atoms with Crippen molar-refractivity contribution in [1.29, 1.82) is 0 Å². The molecule has 0 bridgehead atoms. The Morgan fingerprint density at radius 2 is 2.19 bits per heavy atom. The lowest BCUT2D eigenvalue weighted by atomic mass is 10.1. The van der Waals surface area contributed by atoms with E-state index in [1.54, 1.807) is 11.3 Å². The van der Waals surface area contributed by atoms with Gasteiger partial charge in [0, 0.05) is 11.1 Å². The Hall–Kier alpha value is -1.88. The number of benzene rings is 1. The molecule has 110 valence electrons. The van der Waals surface area contributed by atoms with Crippen molar-refractivity contribution in [2.75, 3.05) is 5.32 Å². The highest BCUT2D eigenvalue weighted by Gasteiger charge is 2.43. The van der Waals surface area contributed by atoms with Crippen LogP contribution in [0.2, 0.25) is 0 Å². The largest absolute Gasteiger partial charge is 0.481 e. The zero-order valence-corrected chi connectivity index (χ0v) is 12.7. The van der Waals surface area contributed by atoms with E-state index in [1.807, 2.05) is 24.3 Å². The molecule has 1 fully saturated rings. The number of aryl methyl sites for hydroxylation is 1. The van der Waals surface area contributed by atoms with Crippen LogP contribution in [-0.4, -0.2) is 16.1 Å². The van der Waals surface area contributed by atoms with Crippen molar-refractivity contribution < 1.29 is 9.90 Å². The molecule has 0 amide bonds. The van der Waals surface area contributed by atoms with Crippen LogP contribution in [0.1, 0.15) is 35.5 Å². The average molecular weight is 302 g/mol. The molecule has 1 aromatic carbocycles. The number of nitrogens with zero attached hydrogens (tertiary/aromatic N) is 1. The molecule has 1 aromatic heterocycles. The molecule has 2 N–H and O–H groups in total. The number of aliphatic carboxylic acids is 1. The molecule has 0 aliphatic heterocycles. The molecular formula is C16H18N2O2S. The Labute approximate surface area is 127 Å². The molecule has 0 radical (unpaired) electrons. The lowest BCUT2D eigenvalue weighted by molar-refractivity contribution is -0.138. The van der Waals surface area contributed by atoms with E-state index in [9.17, 15) is 4.79 Å². The summed E-state index contributed by atoms with van der Waals surface area (Å²) in [6.07, 6.45) is 1.74. The van der Waals surface area contributed by atoms with Gasteiger partial charge in [-0.25, -0.2) is 4.98 Å². The monoisotopic (exact) mass is 302 g/mol. The summed E-state index contributed by atoms with van der Waals surface area (Å²) in [4.78, 5) is 15.4. The van der Waals surface area contributed by atoms with Crippen molar-refractivity contribution in [2.24, 2.45) is 5.92 Å². The van der Waals surface area contributed by atoms with Gasteiger partial charge < -0.3 is 10.4 Å². The van der Waals surface area contributed by atoms with Crippen LogP contribution in [0.15, 0.2) is 29.6 Å². The van der Waals surface area contributed by atoms with Crippen LogP contribution in [0.5, 0.6) is 0 Å². The van der Waals surface area contributed by atoms with Gasteiger partial charge in [0.1, 0.15) is 0 Å². The second-order valence-corrected chi connectivity index (χ2v) is 6.29. The van der Waals surface area contributed by atoms with Gasteiger partial charge in [-0.1, -0.05) is 19.1 Å². The zero-order valence-electron chi connectivity index (χ0n) is 11.9. The predicted molar refractivity (Wildman–Crippen MR) is 83.7 cm³/mol. The average Bonchev–Trinajstić information content (AvgIpc) is 3.17. The number of thiazole rings is 1. The molecule has 1 heterocycles. The number of hydrogen-bond donors (Lipinski definition) is 2. The molecule has 21 heavy (non-hydrogen) atoms. The summed E-state index contributed by atoms with van der Waals surface area (Å²) in [5.41, 5.74) is 3.22. The number of carboxylic acid groups (broad SMARTS) is 1. The Morgan fingerprint density at radius 1 is 1.43 bits per heavy atom. The molecule has 0 saturated heterocycles. The van der Waals surface area contributed by atoms with E-state index in [-0.39, 0.29) is 11.8 Å². The fraction of sp³-hybridized carbons (Fsp3) is 0.375. The van der Waals surface area contributed by atoms with Gasteiger partial charge in [-0.05, 0) is 36.5 Å². The fourth-order valence-corrected chi connectivity index (χ4v) is 3.21. The maximum absolute atomic E-state index is 10.9. The molecule has 1 aliphatic carbocycles. The van der Waals surface area contributed by atoms with Crippen LogP contribution in [0.3, 0.4) is 0 Å². The number of aromatic nitrogens is 1. The summed E-state index contributed by atoms with van der Waals surface area (Å²) in [5, 5.41) is 15.5. The summed E-state index contributed by atoms with van der Waals surface area (Å²) in [7, 11) is 0. The smallest absolute Gasteiger partial charge is 0.307 e. The van der Waals surface area contributed by atoms with Gasteiger partial charge in [0.05, 0.1) is 23.2 Å². The van der Waals surface area contributed by atoms with Gasteiger partial charge >= 0.3 is 5.97 Å². The topological polar surface area (TPSA) is 62.2 Å². The summed E-state index contributed by atoms with van der Waals surface area (Å²) < 4.78 is 0. The molecule has 0 spiro atoms. The fourth-order valence-electron chi connectivity index (χ4n) is 2.47. The first-order valence-electron chi connectivity index (χ1n) is 7.17. The van der Waals surface area contributed by atoms with Crippen LogP contribution in [-0.2, 0) is 17.8 Å². The quantitative estimate of drug-likeness (QED) is 0.857. The maximum atomic E-state index is 10.9. The van der Waals surface area contributed by atoms with Gasteiger partial charge in [0.2, 0.25) is 0 Å². The highest BCUT2D eigenvalue weighted by Crippen LogP contribution is 2.47. The minimum atomic E-state index is -0.683. The summed E-state index contributed by atoms with van der Waals surface area (Å²) >= 11 is 1.70. The predicted octanol–water partition coefficient (Wildman–Crippen LogP) is 3.51.